The van der Waals surface area contributed by atoms with Gasteiger partial charge >= 0.3 is 12.3 Å². The summed E-state index contributed by atoms with van der Waals surface area (Å²) >= 11 is 0. The highest BCUT2D eigenvalue weighted by Crippen LogP contribution is 2.32. The Balaban J connectivity index is 2.26. The Kier molecular flexibility index (Phi) is 5.86. The summed E-state index contributed by atoms with van der Waals surface area (Å²) in [6.07, 6.45) is -5.64. The van der Waals surface area contributed by atoms with Crippen molar-refractivity contribution in [2.45, 2.75) is 26.1 Å². The maximum Gasteiger partial charge on any atom is 0.417 e. The van der Waals surface area contributed by atoms with Crippen molar-refractivity contribution in [2.24, 2.45) is 0 Å². The number of anilines is 1. The van der Waals surface area contributed by atoms with E-state index in [1.165, 1.54) is 12.1 Å². The average molecular weight is 366 g/mol. The molecule has 2 N–H and O–H groups in total. The van der Waals surface area contributed by atoms with Crippen molar-refractivity contribution >= 4 is 17.7 Å². The average Bonchev–Trinajstić information content (AvgIpc) is 2.54. The maximum absolute atomic E-state index is 13.1. The lowest BCUT2D eigenvalue weighted by Crippen LogP contribution is -2.30. The number of nitrogens with one attached hydrogen (secondary N) is 2. The van der Waals surface area contributed by atoms with Gasteiger partial charge in [-0.05, 0) is 44.2 Å². The molecule has 2 aromatic rings. The molecule has 5 nitrogen and oxygen atoms in total. The van der Waals surface area contributed by atoms with Gasteiger partial charge in [-0.3, -0.25) is 10.1 Å². The lowest BCUT2D eigenvalue weighted by molar-refractivity contribution is -0.137. The molecule has 2 aromatic carbocycles. The normalized spacial score (nSPS) is 11.2. The van der Waals surface area contributed by atoms with Crippen LogP contribution in [0.15, 0.2) is 48.5 Å². The summed E-state index contributed by atoms with van der Waals surface area (Å²) in [6.45, 7) is 3.36. The maximum atomic E-state index is 13.1. The molecular formula is C18H17F3N2O3. The quantitative estimate of drug-likeness (QED) is 0.840. The molecule has 0 bridgehead atoms. The van der Waals surface area contributed by atoms with Gasteiger partial charge in [-0.1, -0.05) is 18.2 Å². The molecule has 2 rings (SSSR count). The van der Waals surface area contributed by atoms with Crippen LogP contribution in [-0.2, 0) is 6.18 Å². The van der Waals surface area contributed by atoms with Crippen molar-refractivity contribution in [1.82, 2.24) is 5.32 Å². The third kappa shape index (κ3) is 5.51. The third-order valence-corrected chi connectivity index (χ3v) is 3.14. The molecule has 0 radical (unpaired) electrons. The molecule has 0 saturated heterocycles. The number of rotatable bonds is 4. The number of ether oxygens (including phenoxy) is 1. The zero-order valence-electron chi connectivity index (χ0n) is 14.1. The zero-order valence-corrected chi connectivity index (χ0v) is 14.1. The number of amides is 2. The van der Waals surface area contributed by atoms with Crippen LogP contribution in [0.5, 0.6) is 5.75 Å². The molecule has 0 fully saturated rings. The number of hydrogen-bond acceptors (Lipinski definition) is 3. The van der Waals surface area contributed by atoms with Crippen molar-refractivity contribution < 1.29 is 27.5 Å². The lowest BCUT2D eigenvalue weighted by Gasteiger charge is -2.14. The van der Waals surface area contributed by atoms with E-state index in [0.717, 1.165) is 18.2 Å². The van der Waals surface area contributed by atoms with E-state index < -0.39 is 23.7 Å². The molecule has 0 aliphatic heterocycles. The van der Waals surface area contributed by atoms with Crippen LogP contribution < -0.4 is 15.4 Å². The molecule has 0 spiro atoms. The topological polar surface area (TPSA) is 67.4 Å². The number of hydrogen-bond donors (Lipinski definition) is 2. The number of halogens is 3. The van der Waals surface area contributed by atoms with Gasteiger partial charge < -0.3 is 10.1 Å². The Morgan fingerprint density at radius 1 is 1.04 bits per heavy atom. The van der Waals surface area contributed by atoms with E-state index in [4.69, 9.17) is 4.74 Å². The Hall–Kier alpha value is -3.03. The van der Waals surface area contributed by atoms with Crippen LogP contribution in [-0.4, -0.2) is 18.0 Å². The molecule has 8 heteroatoms. The largest absolute Gasteiger partial charge is 0.417 e. The minimum Gasteiger partial charge on any atom is -0.410 e. The molecule has 0 aromatic heterocycles. The van der Waals surface area contributed by atoms with Gasteiger partial charge in [0.25, 0.3) is 5.91 Å². The number of para-hydroxylation sites is 1. The first kappa shape index (κ1) is 19.3. The molecule has 138 valence electrons. The van der Waals surface area contributed by atoms with Crippen molar-refractivity contribution in [3.05, 3.63) is 59.7 Å². The first-order valence-electron chi connectivity index (χ1n) is 7.72. The second-order valence-electron chi connectivity index (χ2n) is 5.75. The van der Waals surface area contributed by atoms with Gasteiger partial charge in [0.15, 0.2) is 0 Å². The fourth-order valence-electron chi connectivity index (χ4n) is 2.08. The standard InChI is InChI=1S/C18H17F3N2O3/c1-11(2)22-16(24)12-8-13(18(19,20)21)10-14(9-12)23-17(25)26-15-6-4-3-5-7-15/h3-11H,1-2H3,(H,22,24)(H,23,25). The van der Waals surface area contributed by atoms with Crippen molar-refractivity contribution in [3.63, 3.8) is 0 Å². The smallest absolute Gasteiger partial charge is 0.410 e. The molecule has 0 saturated carbocycles. The van der Waals surface area contributed by atoms with Gasteiger partial charge in [-0.2, -0.15) is 13.2 Å². The minimum absolute atomic E-state index is 0.199. The van der Waals surface area contributed by atoms with E-state index in [1.54, 1.807) is 32.0 Å². The predicted molar refractivity (Wildman–Crippen MR) is 90.1 cm³/mol. The Bertz CT molecular complexity index is 790. The van der Waals surface area contributed by atoms with Crippen LogP contribution in [0.4, 0.5) is 23.7 Å². The van der Waals surface area contributed by atoms with Crippen LogP contribution >= 0.6 is 0 Å². The first-order valence-corrected chi connectivity index (χ1v) is 7.72. The molecule has 0 atom stereocenters. The van der Waals surface area contributed by atoms with E-state index >= 15 is 0 Å². The van der Waals surface area contributed by atoms with Crippen molar-refractivity contribution in [3.8, 4) is 5.75 Å². The third-order valence-electron chi connectivity index (χ3n) is 3.14. The highest BCUT2D eigenvalue weighted by Gasteiger charge is 2.32. The number of alkyl halides is 3. The monoisotopic (exact) mass is 366 g/mol. The first-order chi connectivity index (χ1) is 12.1. The molecule has 0 unspecified atom stereocenters. The van der Waals surface area contributed by atoms with Gasteiger partial charge in [0.2, 0.25) is 0 Å². The molecule has 0 aliphatic carbocycles. The van der Waals surface area contributed by atoms with Gasteiger partial charge in [0.05, 0.1) is 5.56 Å². The summed E-state index contributed by atoms with van der Waals surface area (Å²) in [7, 11) is 0. The Morgan fingerprint density at radius 3 is 2.27 bits per heavy atom. The van der Waals surface area contributed by atoms with Crippen LogP contribution in [0.25, 0.3) is 0 Å². The number of benzene rings is 2. The van der Waals surface area contributed by atoms with E-state index in [2.05, 4.69) is 10.6 Å². The van der Waals surface area contributed by atoms with Gasteiger partial charge in [-0.25, -0.2) is 4.79 Å². The van der Waals surface area contributed by atoms with E-state index in [0.29, 0.717) is 0 Å². The summed E-state index contributed by atoms with van der Waals surface area (Å²) in [4.78, 5) is 23.9. The molecule has 0 aliphatic rings. The number of carbonyl (C=O) groups is 2. The lowest BCUT2D eigenvalue weighted by atomic mass is 10.1. The summed E-state index contributed by atoms with van der Waals surface area (Å²) in [6, 6.07) is 10.4. The van der Waals surface area contributed by atoms with Gasteiger partial charge in [0.1, 0.15) is 5.75 Å². The number of carbonyl (C=O) groups excluding carboxylic acids is 2. The van der Waals surface area contributed by atoms with Crippen LogP contribution in [0.1, 0.15) is 29.8 Å². The summed E-state index contributed by atoms with van der Waals surface area (Å²) in [5.74, 6) is -0.444. The van der Waals surface area contributed by atoms with Crippen LogP contribution in [0.3, 0.4) is 0 Å². The summed E-state index contributed by atoms with van der Waals surface area (Å²) in [5, 5.41) is 4.72. The predicted octanol–water partition coefficient (Wildman–Crippen LogP) is 4.45. The molecule has 26 heavy (non-hydrogen) atoms. The fourth-order valence-corrected chi connectivity index (χ4v) is 2.08. The zero-order chi connectivity index (χ0) is 19.3. The van der Waals surface area contributed by atoms with Crippen molar-refractivity contribution in [1.29, 1.82) is 0 Å². The minimum atomic E-state index is -4.67. The highest BCUT2D eigenvalue weighted by atomic mass is 19.4. The van der Waals surface area contributed by atoms with Crippen LogP contribution in [0.2, 0.25) is 0 Å². The Labute approximate surface area is 148 Å². The Morgan fingerprint density at radius 2 is 1.69 bits per heavy atom. The SMILES string of the molecule is CC(C)NC(=O)c1cc(NC(=O)Oc2ccccc2)cc(C(F)(F)F)c1. The van der Waals surface area contributed by atoms with Gasteiger partial charge in [-0.15, -0.1) is 0 Å². The fraction of sp³-hybridized carbons (Fsp3) is 0.222. The second kappa shape index (κ2) is 7.90. The van der Waals surface area contributed by atoms with E-state index in [1.807, 2.05) is 0 Å². The summed E-state index contributed by atoms with van der Waals surface area (Å²) < 4.78 is 44.2. The molecular weight excluding hydrogens is 349 g/mol. The van der Waals surface area contributed by atoms with Crippen LogP contribution in [0, 0.1) is 0 Å². The van der Waals surface area contributed by atoms with E-state index in [9.17, 15) is 22.8 Å². The van der Waals surface area contributed by atoms with Gasteiger partial charge in [0, 0.05) is 17.3 Å². The molecule has 2 amide bonds. The highest BCUT2D eigenvalue weighted by molar-refractivity contribution is 5.97. The van der Waals surface area contributed by atoms with Crippen molar-refractivity contribution in [2.75, 3.05) is 5.32 Å². The molecule has 0 heterocycles. The summed E-state index contributed by atoms with van der Waals surface area (Å²) in [5.41, 5.74) is -1.47. The second-order valence-corrected chi connectivity index (χ2v) is 5.75. The van der Waals surface area contributed by atoms with E-state index in [-0.39, 0.29) is 23.0 Å².